The third-order valence-corrected chi connectivity index (χ3v) is 4.92. The van der Waals surface area contributed by atoms with Crippen molar-refractivity contribution in [3.63, 3.8) is 0 Å². The lowest BCUT2D eigenvalue weighted by Crippen LogP contribution is -2.26. The summed E-state index contributed by atoms with van der Waals surface area (Å²) in [5.74, 6) is 0.543. The molecule has 0 radical (unpaired) electrons. The van der Waals surface area contributed by atoms with Crippen LogP contribution in [0, 0.1) is 5.82 Å². The summed E-state index contributed by atoms with van der Waals surface area (Å²) in [4.78, 5) is 0. The second-order valence-corrected chi connectivity index (χ2v) is 7.41. The Morgan fingerprint density at radius 3 is 2.46 bits per heavy atom. The van der Waals surface area contributed by atoms with E-state index in [0.717, 1.165) is 29.7 Å². The first kappa shape index (κ1) is 20.4. The fourth-order valence-corrected chi connectivity index (χ4v) is 3.18. The van der Waals surface area contributed by atoms with Gasteiger partial charge in [0.25, 0.3) is 0 Å². The molecule has 0 unspecified atom stereocenters. The Hall–Kier alpha value is -2.36. The second kappa shape index (κ2) is 10.3. The minimum absolute atomic E-state index is 0.246. The zero-order valence-electron chi connectivity index (χ0n) is 16.0. The lowest BCUT2D eigenvalue weighted by Gasteiger charge is -2.17. The van der Waals surface area contributed by atoms with Crippen LogP contribution in [-0.2, 0) is 19.6 Å². The average molecular weight is 398 g/mol. The van der Waals surface area contributed by atoms with Gasteiger partial charge in [0.2, 0.25) is 0 Å². The van der Waals surface area contributed by atoms with E-state index in [4.69, 9.17) is 16.3 Å². The minimum atomic E-state index is -0.246. The smallest absolute Gasteiger partial charge is 0.124 e. The maximum atomic E-state index is 13.0. The van der Waals surface area contributed by atoms with E-state index in [1.807, 2.05) is 24.3 Å². The molecule has 0 saturated carbocycles. The Morgan fingerprint density at radius 2 is 1.71 bits per heavy atom. The van der Waals surface area contributed by atoms with Gasteiger partial charge in [-0.2, -0.15) is 0 Å². The topological polar surface area (TPSA) is 21.3 Å². The molecule has 0 saturated heterocycles. The monoisotopic (exact) mass is 397 g/mol. The Morgan fingerprint density at radius 1 is 0.964 bits per heavy atom. The average Bonchev–Trinajstić information content (AvgIpc) is 2.72. The first-order chi connectivity index (χ1) is 13.6. The number of aryl methyl sites for hydroxylation is 1. The van der Waals surface area contributed by atoms with Crippen LogP contribution >= 0.6 is 11.6 Å². The van der Waals surface area contributed by atoms with Gasteiger partial charge in [-0.25, -0.2) is 4.39 Å². The highest BCUT2D eigenvalue weighted by Gasteiger charge is 2.08. The molecule has 0 amide bonds. The summed E-state index contributed by atoms with van der Waals surface area (Å²) in [7, 11) is 0. The van der Waals surface area contributed by atoms with Gasteiger partial charge in [-0.15, -0.1) is 0 Å². The van der Waals surface area contributed by atoms with E-state index in [0.29, 0.717) is 24.2 Å². The molecule has 4 heteroatoms. The number of rotatable bonds is 9. The van der Waals surface area contributed by atoms with E-state index in [-0.39, 0.29) is 5.82 Å². The van der Waals surface area contributed by atoms with Gasteiger partial charge >= 0.3 is 0 Å². The van der Waals surface area contributed by atoms with Gasteiger partial charge in [0.05, 0.1) is 0 Å². The van der Waals surface area contributed by atoms with Crippen LogP contribution in [0.3, 0.4) is 0 Å². The third-order valence-electron chi connectivity index (χ3n) is 4.68. The summed E-state index contributed by atoms with van der Waals surface area (Å²) in [6.07, 6.45) is 2.09. The number of benzene rings is 3. The van der Waals surface area contributed by atoms with Gasteiger partial charge in [-0.05, 0) is 61.2 Å². The van der Waals surface area contributed by atoms with Crippen molar-refractivity contribution >= 4 is 11.6 Å². The van der Waals surface area contributed by atoms with Gasteiger partial charge in [0.1, 0.15) is 18.2 Å². The van der Waals surface area contributed by atoms with Crippen molar-refractivity contribution in [2.45, 2.75) is 39.0 Å². The van der Waals surface area contributed by atoms with Gasteiger partial charge in [0, 0.05) is 23.2 Å². The standard InChI is InChI=1S/C24H25ClFNO/c1-18(7-8-19-5-3-2-4-6-19)27-16-21-15-22(25)11-14-24(21)28-17-20-9-12-23(26)13-10-20/h2-6,9-15,18,27H,7-8,16-17H2,1H3/t18-/m0/s1. The molecule has 146 valence electrons. The molecular weight excluding hydrogens is 373 g/mol. The van der Waals surface area contributed by atoms with Crippen LogP contribution in [0.5, 0.6) is 5.75 Å². The Kier molecular flexibility index (Phi) is 7.46. The quantitative estimate of drug-likeness (QED) is 0.466. The van der Waals surface area contributed by atoms with Gasteiger partial charge in [-0.1, -0.05) is 54.1 Å². The van der Waals surface area contributed by atoms with Crippen LogP contribution in [0.4, 0.5) is 4.39 Å². The molecule has 0 bridgehead atoms. The summed E-state index contributed by atoms with van der Waals surface area (Å²) in [5.41, 5.74) is 3.29. The van der Waals surface area contributed by atoms with Crippen molar-refractivity contribution in [2.75, 3.05) is 0 Å². The number of nitrogens with one attached hydrogen (secondary N) is 1. The second-order valence-electron chi connectivity index (χ2n) is 6.97. The van der Waals surface area contributed by atoms with Crippen molar-refractivity contribution in [2.24, 2.45) is 0 Å². The van der Waals surface area contributed by atoms with Crippen LogP contribution in [0.25, 0.3) is 0 Å². The van der Waals surface area contributed by atoms with Crippen LogP contribution in [0.1, 0.15) is 30.0 Å². The minimum Gasteiger partial charge on any atom is -0.489 e. The molecular formula is C24H25ClFNO. The van der Waals surface area contributed by atoms with Gasteiger partial charge in [-0.3, -0.25) is 0 Å². The first-order valence-electron chi connectivity index (χ1n) is 9.53. The number of halogens is 2. The largest absolute Gasteiger partial charge is 0.489 e. The maximum absolute atomic E-state index is 13.0. The lowest BCUT2D eigenvalue weighted by molar-refractivity contribution is 0.301. The normalized spacial score (nSPS) is 12.0. The number of ether oxygens (including phenoxy) is 1. The van der Waals surface area contributed by atoms with Crippen molar-refractivity contribution in [1.29, 1.82) is 0 Å². The molecule has 3 aromatic carbocycles. The van der Waals surface area contributed by atoms with Crippen LogP contribution in [0.2, 0.25) is 5.02 Å². The predicted molar refractivity (Wildman–Crippen MR) is 113 cm³/mol. The van der Waals surface area contributed by atoms with E-state index in [9.17, 15) is 4.39 Å². The van der Waals surface area contributed by atoms with Gasteiger partial charge < -0.3 is 10.1 Å². The molecule has 2 nitrogen and oxygen atoms in total. The molecule has 1 atom stereocenters. The SMILES string of the molecule is C[C@@H](CCc1ccccc1)NCc1cc(Cl)ccc1OCc1ccc(F)cc1. The molecule has 3 aromatic rings. The molecule has 1 N–H and O–H groups in total. The Bertz CT molecular complexity index is 868. The summed E-state index contributed by atoms with van der Waals surface area (Å²) in [5, 5.41) is 4.24. The van der Waals surface area contributed by atoms with Crippen molar-refractivity contribution in [1.82, 2.24) is 5.32 Å². The number of hydrogen-bond donors (Lipinski definition) is 1. The predicted octanol–water partition coefficient (Wildman–Crippen LogP) is 6.17. The summed E-state index contributed by atoms with van der Waals surface area (Å²) >= 11 is 6.18. The highest BCUT2D eigenvalue weighted by Crippen LogP contribution is 2.24. The maximum Gasteiger partial charge on any atom is 0.124 e. The van der Waals surface area contributed by atoms with E-state index in [2.05, 4.69) is 36.5 Å². The summed E-state index contributed by atoms with van der Waals surface area (Å²) in [6.45, 7) is 3.25. The van der Waals surface area contributed by atoms with Crippen LogP contribution in [-0.4, -0.2) is 6.04 Å². The Balaban J connectivity index is 1.55. The van der Waals surface area contributed by atoms with Crippen molar-refractivity contribution < 1.29 is 9.13 Å². The third kappa shape index (κ3) is 6.36. The Labute approximate surface area is 171 Å². The molecule has 0 spiro atoms. The van der Waals surface area contributed by atoms with Crippen molar-refractivity contribution in [3.05, 3.63) is 100 Å². The molecule has 3 rings (SSSR count). The fraction of sp³-hybridized carbons (Fsp3) is 0.250. The number of hydrogen-bond acceptors (Lipinski definition) is 2. The summed E-state index contributed by atoms with van der Waals surface area (Å²) < 4.78 is 19.0. The van der Waals surface area contributed by atoms with E-state index >= 15 is 0 Å². The zero-order chi connectivity index (χ0) is 19.8. The van der Waals surface area contributed by atoms with E-state index in [1.54, 1.807) is 12.1 Å². The molecule has 28 heavy (non-hydrogen) atoms. The molecule has 0 aliphatic rings. The first-order valence-corrected chi connectivity index (χ1v) is 9.91. The van der Waals surface area contributed by atoms with Crippen molar-refractivity contribution in [3.8, 4) is 5.75 Å². The lowest BCUT2D eigenvalue weighted by atomic mass is 10.1. The molecule has 0 aliphatic heterocycles. The molecule has 0 heterocycles. The highest BCUT2D eigenvalue weighted by atomic mass is 35.5. The molecule has 0 fully saturated rings. The fourth-order valence-electron chi connectivity index (χ4n) is 2.98. The van der Waals surface area contributed by atoms with Crippen LogP contribution < -0.4 is 10.1 Å². The zero-order valence-corrected chi connectivity index (χ0v) is 16.8. The highest BCUT2D eigenvalue weighted by molar-refractivity contribution is 6.30. The van der Waals surface area contributed by atoms with E-state index < -0.39 is 0 Å². The molecule has 0 aromatic heterocycles. The van der Waals surface area contributed by atoms with E-state index in [1.165, 1.54) is 17.7 Å². The molecule has 0 aliphatic carbocycles. The van der Waals surface area contributed by atoms with Gasteiger partial charge in [0.15, 0.2) is 0 Å². The van der Waals surface area contributed by atoms with Crippen LogP contribution in [0.15, 0.2) is 72.8 Å². The summed E-state index contributed by atoms with van der Waals surface area (Å²) in [6, 6.07) is 22.9.